The molecule has 1 aliphatic carbocycles. The molecule has 8 heteroatoms. The highest BCUT2D eigenvalue weighted by molar-refractivity contribution is 5.98. The van der Waals surface area contributed by atoms with Crippen LogP contribution < -0.4 is 15.4 Å². The molecule has 2 aliphatic rings. The van der Waals surface area contributed by atoms with Gasteiger partial charge < -0.3 is 20.3 Å². The number of anilines is 1. The van der Waals surface area contributed by atoms with Crippen LogP contribution in [0.25, 0.3) is 5.57 Å². The van der Waals surface area contributed by atoms with Gasteiger partial charge in [-0.25, -0.2) is 9.37 Å². The number of carbonyl (C=O) groups is 2. The summed E-state index contributed by atoms with van der Waals surface area (Å²) in [5, 5.41) is 0. The van der Waals surface area contributed by atoms with Gasteiger partial charge in [-0.05, 0) is 66.6 Å². The predicted molar refractivity (Wildman–Crippen MR) is 129 cm³/mol. The Morgan fingerprint density at radius 1 is 1.06 bits per heavy atom. The quantitative estimate of drug-likeness (QED) is 0.667. The molecule has 1 aromatic heterocycles. The van der Waals surface area contributed by atoms with E-state index >= 15 is 0 Å². The average molecular weight is 461 g/mol. The number of allylic oxidation sites excluding steroid dienone is 5. The molecule has 1 fully saturated rings. The molecule has 0 bridgehead atoms. The molecule has 0 spiro atoms. The highest BCUT2D eigenvalue weighted by Crippen LogP contribution is 2.27. The summed E-state index contributed by atoms with van der Waals surface area (Å²) in [6.45, 7) is 5.92. The molecule has 0 atom stereocenters. The maximum absolute atomic E-state index is 13.1. The third-order valence-electron chi connectivity index (χ3n) is 5.66. The first-order chi connectivity index (χ1) is 16.4. The number of ether oxygens (including phenoxy) is 1. The molecule has 1 aromatic carbocycles. The van der Waals surface area contributed by atoms with Crippen LogP contribution in [-0.2, 0) is 4.79 Å². The number of benzene rings is 1. The van der Waals surface area contributed by atoms with Crippen molar-refractivity contribution >= 4 is 23.2 Å². The molecule has 2 aromatic rings. The van der Waals surface area contributed by atoms with Gasteiger partial charge in [-0.1, -0.05) is 18.7 Å². The number of pyridine rings is 1. The Bertz CT molecular complexity index is 1190. The molecule has 0 radical (unpaired) electrons. The maximum Gasteiger partial charge on any atom is 0.250 e. The number of hydrogen-bond donors (Lipinski definition) is 1. The lowest BCUT2D eigenvalue weighted by molar-refractivity contribution is -0.126. The van der Waals surface area contributed by atoms with Crippen LogP contribution in [0.5, 0.6) is 5.75 Å². The van der Waals surface area contributed by atoms with Gasteiger partial charge in [-0.3, -0.25) is 9.59 Å². The maximum atomic E-state index is 13.1. The minimum absolute atomic E-state index is 0.0850. The highest BCUT2D eigenvalue weighted by atomic mass is 19.1. The Morgan fingerprint density at radius 3 is 2.47 bits per heavy atom. The third-order valence-corrected chi connectivity index (χ3v) is 5.66. The van der Waals surface area contributed by atoms with Gasteiger partial charge in [-0.15, -0.1) is 0 Å². The molecule has 2 heterocycles. The average Bonchev–Trinajstić information content (AvgIpc) is 3.10. The van der Waals surface area contributed by atoms with Crippen molar-refractivity contribution in [1.82, 2.24) is 9.88 Å². The van der Waals surface area contributed by atoms with Gasteiger partial charge in [0, 0.05) is 26.2 Å². The summed E-state index contributed by atoms with van der Waals surface area (Å²) < 4.78 is 19.0. The number of primary amides is 1. The number of aromatic nitrogens is 1. The van der Waals surface area contributed by atoms with Gasteiger partial charge in [0.1, 0.15) is 23.1 Å². The third kappa shape index (κ3) is 5.23. The first-order valence-electron chi connectivity index (χ1n) is 10.9. The van der Waals surface area contributed by atoms with E-state index in [-0.39, 0.29) is 11.7 Å². The number of amides is 2. The van der Waals surface area contributed by atoms with Crippen LogP contribution in [0.1, 0.15) is 22.5 Å². The predicted octanol–water partition coefficient (Wildman–Crippen LogP) is 3.46. The smallest absolute Gasteiger partial charge is 0.250 e. The normalized spacial score (nSPS) is 15.8. The largest absolute Gasteiger partial charge is 0.457 e. The van der Waals surface area contributed by atoms with Crippen molar-refractivity contribution in [1.29, 1.82) is 0 Å². The summed E-state index contributed by atoms with van der Waals surface area (Å²) in [7, 11) is 0. The lowest BCUT2D eigenvalue weighted by Crippen LogP contribution is -2.48. The van der Waals surface area contributed by atoms with Crippen LogP contribution in [0.3, 0.4) is 0 Å². The van der Waals surface area contributed by atoms with Crippen molar-refractivity contribution in [3.8, 4) is 5.75 Å². The van der Waals surface area contributed by atoms with Crippen LogP contribution in [0.2, 0.25) is 0 Å². The van der Waals surface area contributed by atoms with E-state index in [0.717, 1.165) is 5.57 Å². The number of rotatable bonds is 6. The number of hydrogen-bond acceptors (Lipinski definition) is 5. The van der Waals surface area contributed by atoms with E-state index in [1.807, 2.05) is 18.2 Å². The summed E-state index contributed by atoms with van der Waals surface area (Å²) in [5.41, 5.74) is 7.29. The summed E-state index contributed by atoms with van der Waals surface area (Å²) in [5.74, 6) is 0.822. The monoisotopic (exact) mass is 460 g/mol. The van der Waals surface area contributed by atoms with Gasteiger partial charge >= 0.3 is 0 Å². The molecule has 1 aliphatic heterocycles. The van der Waals surface area contributed by atoms with Crippen molar-refractivity contribution in [2.75, 3.05) is 31.1 Å². The molecule has 7 nitrogen and oxygen atoms in total. The Balaban J connectivity index is 1.58. The van der Waals surface area contributed by atoms with Crippen LogP contribution in [0, 0.1) is 5.82 Å². The molecule has 0 unspecified atom stereocenters. The van der Waals surface area contributed by atoms with E-state index in [1.54, 1.807) is 35.2 Å². The molecule has 174 valence electrons. The zero-order chi connectivity index (χ0) is 24.1. The van der Waals surface area contributed by atoms with Crippen molar-refractivity contribution in [3.05, 3.63) is 96.2 Å². The van der Waals surface area contributed by atoms with Gasteiger partial charge in [0.2, 0.25) is 5.91 Å². The van der Waals surface area contributed by atoms with E-state index in [1.165, 1.54) is 18.2 Å². The minimum atomic E-state index is -0.559. The van der Waals surface area contributed by atoms with Crippen LogP contribution >= 0.6 is 0 Å². The molecule has 34 heavy (non-hydrogen) atoms. The number of nitrogens with two attached hydrogens (primary N) is 1. The number of carbonyl (C=O) groups excluding carboxylic acids is 2. The molecule has 2 N–H and O–H groups in total. The number of nitrogens with zero attached hydrogens (tertiary/aromatic N) is 3. The summed E-state index contributed by atoms with van der Waals surface area (Å²) in [4.78, 5) is 32.6. The Kier molecular flexibility index (Phi) is 6.87. The van der Waals surface area contributed by atoms with Gasteiger partial charge in [0.15, 0.2) is 0 Å². The first-order valence-corrected chi connectivity index (χ1v) is 10.9. The van der Waals surface area contributed by atoms with E-state index in [4.69, 9.17) is 15.5 Å². The van der Waals surface area contributed by atoms with E-state index in [9.17, 15) is 14.0 Å². The summed E-state index contributed by atoms with van der Waals surface area (Å²) in [6.07, 6.45) is 9.19. The molecular formula is C26H25FN4O3. The van der Waals surface area contributed by atoms with Crippen molar-refractivity contribution in [2.24, 2.45) is 5.73 Å². The van der Waals surface area contributed by atoms with E-state index in [0.29, 0.717) is 61.2 Å². The molecule has 1 saturated heterocycles. The fraction of sp³-hybridized carbons (Fsp3) is 0.192. The van der Waals surface area contributed by atoms with E-state index < -0.39 is 5.91 Å². The molecular weight excluding hydrogens is 435 g/mol. The highest BCUT2D eigenvalue weighted by Gasteiger charge is 2.22. The van der Waals surface area contributed by atoms with Crippen LogP contribution in [0.4, 0.5) is 10.2 Å². The number of piperazine rings is 1. The summed E-state index contributed by atoms with van der Waals surface area (Å²) >= 11 is 0. The lowest BCUT2D eigenvalue weighted by atomic mass is 10.0. The zero-order valence-electron chi connectivity index (χ0n) is 18.6. The van der Waals surface area contributed by atoms with Gasteiger partial charge in [0.25, 0.3) is 5.91 Å². The summed E-state index contributed by atoms with van der Waals surface area (Å²) in [6, 6.07) is 9.24. The fourth-order valence-electron chi connectivity index (χ4n) is 3.84. The Labute approximate surface area is 197 Å². The lowest BCUT2D eigenvalue weighted by Gasteiger charge is -2.35. The van der Waals surface area contributed by atoms with E-state index in [2.05, 4.69) is 11.5 Å². The Hall–Kier alpha value is -4.20. The zero-order valence-corrected chi connectivity index (χ0v) is 18.6. The second-order valence-electron chi connectivity index (χ2n) is 7.87. The second-order valence-corrected chi connectivity index (χ2v) is 7.87. The number of halogens is 1. The van der Waals surface area contributed by atoms with Crippen molar-refractivity contribution in [2.45, 2.75) is 6.42 Å². The second kappa shape index (κ2) is 10.2. The minimum Gasteiger partial charge on any atom is -0.457 e. The first kappa shape index (κ1) is 23.0. The van der Waals surface area contributed by atoms with Crippen molar-refractivity contribution in [3.63, 3.8) is 0 Å². The van der Waals surface area contributed by atoms with Gasteiger partial charge in [-0.2, -0.15) is 0 Å². The van der Waals surface area contributed by atoms with Crippen LogP contribution in [0.15, 0.2) is 79.1 Å². The molecule has 4 rings (SSSR count). The Morgan fingerprint density at radius 2 is 1.79 bits per heavy atom. The fourth-order valence-corrected chi connectivity index (χ4v) is 3.84. The van der Waals surface area contributed by atoms with Crippen LogP contribution in [-0.4, -0.2) is 47.9 Å². The van der Waals surface area contributed by atoms with Crippen molar-refractivity contribution < 1.29 is 18.7 Å². The SMILES string of the molecule is C=CC(=O)N1CCN(c2ccc(C(N)=O)c(C3=CC=C(Oc4ccc(F)cc4)C=CC3)n2)CC1. The van der Waals surface area contributed by atoms with Gasteiger partial charge in [0.05, 0.1) is 11.3 Å². The molecule has 2 amide bonds. The standard InChI is InChI=1S/C26H25FN4O3/c1-2-24(32)31-16-14-30(15-17-31)23-13-12-22(26(28)33)25(29-23)18-4-3-5-20(9-6-18)34-21-10-7-19(27)8-11-21/h2-3,5-13H,1,4,14-17H2,(H2,28,33). The topological polar surface area (TPSA) is 88.8 Å². The molecule has 0 saturated carbocycles.